The predicted octanol–water partition coefficient (Wildman–Crippen LogP) is 3.22. The summed E-state index contributed by atoms with van der Waals surface area (Å²) >= 11 is 1.72. The lowest BCUT2D eigenvalue weighted by atomic mass is 10.2. The highest BCUT2D eigenvalue weighted by Gasteiger charge is 2.16. The van der Waals surface area contributed by atoms with Gasteiger partial charge < -0.3 is 15.0 Å². The van der Waals surface area contributed by atoms with Crippen molar-refractivity contribution in [2.45, 2.75) is 13.0 Å². The van der Waals surface area contributed by atoms with Crippen molar-refractivity contribution >= 4 is 28.6 Å². The van der Waals surface area contributed by atoms with Gasteiger partial charge in [-0.15, -0.1) is 11.3 Å². The smallest absolute Gasteiger partial charge is 0.238 e. The molecule has 0 radical (unpaired) electrons. The van der Waals surface area contributed by atoms with Gasteiger partial charge in [0, 0.05) is 35.4 Å². The molecule has 1 aromatic carbocycles. The molecule has 1 aliphatic heterocycles. The van der Waals surface area contributed by atoms with Gasteiger partial charge in [0.1, 0.15) is 0 Å². The first-order chi connectivity index (χ1) is 12.1. The molecule has 1 fully saturated rings. The monoisotopic (exact) mass is 359 g/mol. The van der Waals surface area contributed by atoms with Gasteiger partial charge in [-0.2, -0.15) is 0 Å². The Morgan fingerprint density at radius 1 is 1.28 bits per heavy atom. The van der Waals surface area contributed by atoms with Gasteiger partial charge in [0.2, 0.25) is 5.91 Å². The second-order valence-electron chi connectivity index (χ2n) is 6.30. The summed E-state index contributed by atoms with van der Waals surface area (Å²) in [7, 11) is 1.98. The largest absolute Gasteiger partial charge is 0.378 e. The molecule has 0 saturated carbocycles. The average Bonchev–Trinajstić information content (AvgIpc) is 3.17. The number of nitrogens with one attached hydrogen (secondary N) is 1. The van der Waals surface area contributed by atoms with E-state index in [1.807, 2.05) is 25.2 Å². The minimum Gasteiger partial charge on any atom is -0.378 e. The fraction of sp³-hybridized carbons (Fsp3) is 0.421. The van der Waals surface area contributed by atoms with E-state index in [9.17, 15) is 4.79 Å². The summed E-state index contributed by atoms with van der Waals surface area (Å²) in [5.74, 6) is 0.00466. The number of anilines is 2. The number of thiophene rings is 1. The molecule has 1 amide bonds. The third kappa shape index (κ3) is 4.81. The Balaban J connectivity index is 1.52. The first-order valence-electron chi connectivity index (χ1n) is 8.60. The maximum absolute atomic E-state index is 12.3. The van der Waals surface area contributed by atoms with Gasteiger partial charge in [-0.3, -0.25) is 9.69 Å². The van der Waals surface area contributed by atoms with Crippen molar-refractivity contribution in [3.8, 4) is 0 Å². The molecule has 6 heteroatoms. The van der Waals surface area contributed by atoms with Gasteiger partial charge in [0.25, 0.3) is 0 Å². The molecule has 1 aromatic heterocycles. The molecule has 2 aromatic rings. The van der Waals surface area contributed by atoms with E-state index >= 15 is 0 Å². The van der Waals surface area contributed by atoms with Crippen LogP contribution in [0, 0.1) is 0 Å². The van der Waals surface area contributed by atoms with Crippen molar-refractivity contribution in [2.75, 3.05) is 50.1 Å². The second kappa shape index (κ2) is 8.47. The van der Waals surface area contributed by atoms with Crippen LogP contribution in [-0.2, 0) is 9.53 Å². The van der Waals surface area contributed by atoms with Gasteiger partial charge in [0.05, 0.1) is 19.8 Å². The Bertz CT molecular complexity index is 666. The zero-order chi connectivity index (χ0) is 17.6. The maximum atomic E-state index is 12.3. The molecule has 5 nitrogen and oxygen atoms in total. The summed E-state index contributed by atoms with van der Waals surface area (Å²) in [4.78, 5) is 17.9. The molecule has 0 aliphatic carbocycles. The highest BCUT2D eigenvalue weighted by atomic mass is 32.1. The SMILES string of the molecule is CC(c1cccs1)N(C)CC(=O)Nc1ccc(N2CCOCC2)cc1. The molecule has 1 unspecified atom stereocenters. The number of ether oxygens (including phenoxy) is 1. The molecular weight excluding hydrogens is 334 g/mol. The van der Waals surface area contributed by atoms with Crippen LogP contribution in [-0.4, -0.2) is 50.7 Å². The van der Waals surface area contributed by atoms with Gasteiger partial charge in [-0.05, 0) is 49.7 Å². The molecule has 1 saturated heterocycles. The highest BCUT2D eigenvalue weighted by molar-refractivity contribution is 7.10. The van der Waals surface area contributed by atoms with E-state index in [4.69, 9.17) is 4.74 Å². The normalized spacial score (nSPS) is 16.0. The third-order valence-electron chi connectivity index (χ3n) is 4.54. The lowest BCUT2D eigenvalue weighted by Crippen LogP contribution is -2.36. The van der Waals surface area contributed by atoms with E-state index in [1.54, 1.807) is 11.3 Å². The summed E-state index contributed by atoms with van der Waals surface area (Å²) in [6, 6.07) is 12.4. The molecule has 25 heavy (non-hydrogen) atoms. The number of carbonyl (C=O) groups is 1. The number of nitrogens with zero attached hydrogens (tertiary/aromatic N) is 2. The Morgan fingerprint density at radius 2 is 2.00 bits per heavy atom. The summed E-state index contributed by atoms with van der Waals surface area (Å²) in [6.07, 6.45) is 0. The Labute approximate surface area is 153 Å². The van der Waals surface area contributed by atoms with Crippen LogP contribution in [0.15, 0.2) is 41.8 Å². The van der Waals surface area contributed by atoms with Gasteiger partial charge in [-0.25, -0.2) is 0 Å². The topological polar surface area (TPSA) is 44.8 Å². The number of amides is 1. The second-order valence-corrected chi connectivity index (χ2v) is 7.28. The van der Waals surface area contributed by atoms with E-state index in [0.29, 0.717) is 6.54 Å². The van der Waals surface area contributed by atoms with Crippen LogP contribution < -0.4 is 10.2 Å². The van der Waals surface area contributed by atoms with Crippen molar-refractivity contribution < 1.29 is 9.53 Å². The van der Waals surface area contributed by atoms with Crippen LogP contribution >= 0.6 is 11.3 Å². The lowest BCUT2D eigenvalue weighted by molar-refractivity contribution is -0.117. The van der Waals surface area contributed by atoms with Crippen molar-refractivity contribution in [3.05, 3.63) is 46.7 Å². The molecule has 1 N–H and O–H groups in total. The Hall–Kier alpha value is -1.89. The minimum absolute atomic E-state index is 0.00466. The number of rotatable bonds is 6. The molecule has 1 aliphatic rings. The highest BCUT2D eigenvalue weighted by Crippen LogP contribution is 2.23. The Morgan fingerprint density at radius 3 is 2.64 bits per heavy atom. The molecule has 0 spiro atoms. The quantitative estimate of drug-likeness (QED) is 0.860. The summed E-state index contributed by atoms with van der Waals surface area (Å²) in [5, 5.41) is 5.05. The molecule has 0 bridgehead atoms. The van der Waals surface area contributed by atoms with Crippen molar-refractivity contribution in [1.82, 2.24) is 4.90 Å². The van der Waals surface area contributed by atoms with Gasteiger partial charge in [0.15, 0.2) is 0 Å². The van der Waals surface area contributed by atoms with Crippen molar-refractivity contribution in [1.29, 1.82) is 0 Å². The van der Waals surface area contributed by atoms with Gasteiger partial charge in [-0.1, -0.05) is 6.07 Å². The summed E-state index contributed by atoms with van der Waals surface area (Å²) in [6.45, 7) is 5.86. The van der Waals surface area contributed by atoms with Crippen LogP contribution in [0.3, 0.4) is 0 Å². The maximum Gasteiger partial charge on any atom is 0.238 e. The van der Waals surface area contributed by atoms with Crippen LogP contribution in [0.5, 0.6) is 0 Å². The number of benzene rings is 1. The average molecular weight is 359 g/mol. The number of morpholine rings is 1. The van der Waals surface area contributed by atoms with E-state index in [-0.39, 0.29) is 11.9 Å². The van der Waals surface area contributed by atoms with Crippen LogP contribution in [0.1, 0.15) is 17.8 Å². The van der Waals surface area contributed by atoms with Crippen LogP contribution in [0.4, 0.5) is 11.4 Å². The number of hydrogen-bond acceptors (Lipinski definition) is 5. The minimum atomic E-state index is 0.00466. The van der Waals surface area contributed by atoms with E-state index in [0.717, 1.165) is 32.0 Å². The Kier molecular flexibility index (Phi) is 6.07. The molecule has 134 valence electrons. The van der Waals surface area contributed by atoms with E-state index < -0.39 is 0 Å². The zero-order valence-corrected chi connectivity index (χ0v) is 15.6. The first kappa shape index (κ1) is 17.9. The van der Waals surface area contributed by atoms with Gasteiger partial charge >= 0.3 is 0 Å². The van der Waals surface area contributed by atoms with Crippen LogP contribution in [0.25, 0.3) is 0 Å². The van der Waals surface area contributed by atoms with E-state index in [2.05, 4.69) is 45.6 Å². The number of likely N-dealkylation sites (N-methyl/N-ethyl adjacent to an activating group) is 1. The molecule has 1 atom stereocenters. The molecular formula is C19H25N3O2S. The fourth-order valence-electron chi connectivity index (χ4n) is 2.89. The van der Waals surface area contributed by atoms with Crippen molar-refractivity contribution in [3.63, 3.8) is 0 Å². The predicted molar refractivity (Wildman–Crippen MR) is 103 cm³/mol. The first-order valence-corrected chi connectivity index (χ1v) is 9.47. The lowest BCUT2D eigenvalue weighted by Gasteiger charge is -2.29. The van der Waals surface area contributed by atoms with E-state index in [1.165, 1.54) is 10.6 Å². The standard InChI is InChI=1S/C19H25N3O2S/c1-15(18-4-3-13-25-18)21(2)14-19(23)20-16-5-7-17(8-6-16)22-9-11-24-12-10-22/h3-8,13,15H,9-12,14H2,1-2H3,(H,20,23). The summed E-state index contributed by atoms with van der Waals surface area (Å²) < 4.78 is 5.38. The number of carbonyl (C=O) groups excluding carboxylic acids is 1. The summed E-state index contributed by atoms with van der Waals surface area (Å²) in [5.41, 5.74) is 2.00. The zero-order valence-electron chi connectivity index (χ0n) is 14.8. The van der Waals surface area contributed by atoms with Crippen LogP contribution in [0.2, 0.25) is 0 Å². The number of hydrogen-bond donors (Lipinski definition) is 1. The van der Waals surface area contributed by atoms with Crippen molar-refractivity contribution in [2.24, 2.45) is 0 Å². The third-order valence-corrected chi connectivity index (χ3v) is 5.58. The fourth-order valence-corrected chi connectivity index (χ4v) is 3.74. The molecule has 3 rings (SSSR count). The molecule has 2 heterocycles.